The fourth-order valence-electron chi connectivity index (χ4n) is 3.55. The molecule has 2 aromatic rings. The number of nitrogens with one attached hydrogen (secondary N) is 2. The van der Waals surface area contributed by atoms with Gasteiger partial charge < -0.3 is 41.8 Å². The van der Waals surface area contributed by atoms with Crippen molar-refractivity contribution < 1.29 is 20.1 Å². The Hall–Kier alpha value is -2.32. The standard InChI is InChI=1S/C18H30N8O4S/c1-17(8-27)14(28)18(29,9-30-17)26-10-23-11-12(26)24-16(25-13(11)31)22-7-5-3-2-4-6-21-15(19)20/h10,14,27-29H,2-9H2,1H3,(H4,19,20,21)(H2,22,24,25,31). The third-order valence-corrected chi connectivity index (χ3v) is 5.74. The van der Waals surface area contributed by atoms with Crippen LogP contribution < -0.4 is 16.8 Å². The number of anilines is 1. The number of rotatable bonds is 10. The van der Waals surface area contributed by atoms with E-state index >= 15 is 0 Å². The normalized spacial score (nSPS) is 25.7. The van der Waals surface area contributed by atoms with E-state index in [0.717, 1.165) is 25.7 Å². The summed E-state index contributed by atoms with van der Waals surface area (Å²) in [6.45, 7) is 2.15. The fourth-order valence-corrected chi connectivity index (χ4v) is 3.79. The number of hydrogen-bond donors (Lipinski definition) is 7. The molecule has 0 radical (unpaired) electrons. The second kappa shape index (κ2) is 9.44. The number of aromatic amines is 1. The number of aliphatic hydroxyl groups excluding tert-OH is 2. The topological polar surface area (TPSA) is 193 Å². The number of unbranched alkanes of at least 4 members (excludes halogenated alkanes) is 3. The first-order valence-corrected chi connectivity index (χ1v) is 10.5. The maximum Gasteiger partial charge on any atom is 0.203 e. The summed E-state index contributed by atoms with van der Waals surface area (Å²) in [6, 6.07) is 0. The molecule has 1 aliphatic rings. The van der Waals surface area contributed by atoms with E-state index in [4.69, 9.17) is 28.4 Å². The summed E-state index contributed by atoms with van der Waals surface area (Å²) in [5.74, 6) is 0.543. The molecule has 3 unspecified atom stereocenters. The molecule has 1 saturated heterocycles. The molecular formula is C18H30N8O4S. The summed E-state index contributed by atoms with van der Waals surface area (Å²) in [7, 11) is 0. The largest absolute Gasteiger partial charge is 0.393 e. The molecule has 0 aliphatic carbocycles. The third-order valence-electron chi connectivity index (χ3n) is 5.45. The van der Waals surface area contributed by atoms with Gasteiger partial charge in [-0.05, 0) is 19.8 Å². The SMILES string of the molecule is CC1(CO)OCC(O)(n2cnc3c(=S)nc(NCCCCCCN=C(N)N)[nH]c32)C1O. The zero-order chi connectivity index (χ0) is 22.6. The molecule has 1 aliphatic heterocycles. The maximum atomic E-state index is 11.1. The molecule has 0 saturated carbocycles. The van der Waals surface area contributed by atoms with Gasteiger partial charge in [-0.15, -0.1) is 0 Å². The van der Waals surface area contributed by atoms with Crippen LogP contribution in [0.1, 0.15) is 32.6 Å². The van der Waals surface area contributed by atoms with Crippen LogP contribution in [0.15, 0.2) is 11.3 Å². The molecule has 0 bridgehead atoms. The molecule has 3 rings (SSSR count). The van der Waals surface area contributed by atoms with Crippen molar-refractivity contribution in [2.75, 3.05) is 31.6 Å². The molecule has 0 aromatic carbocycles. The van der Waals surface area contributed by atoms with Gasteiger partial charge in [-0.3, -0.25) is 9.56 Å². The van der Waals surface area contributed by atoms with Gasteiger partial charge in [0.25, 0.3) is 0 Å². The van der Waals surface area contributed by atoms with Crippen molar-refractivity contribution in [2.24, 2.45) is 16.5 Å². The summed E-state index contributed by atoms with van der Waals surface area (Å²) < 4.78 is 7.13. The summed E-state index contributed by atoms with van der Waals surface area (Å²) in [4.78, 5) is 15.6. The zero-order valence-electron chi connectivity index (χ0n) is 17.4. The van der Waals surface area contributed by atoms with E-state index in [9.17, 15) is 15.3 Å². The Bertz CT molecular complexity index is 991. The summed E-state index contributed by atoms with van der Waals surface area (Å²) >= 11 is 5.34. The van der Waals surface area contributed by atoms with E-state index in [1.54, 1.807) is 0 Å². The van der Waals surface area contributed by atoms with E-state index in [1.165, 1.54) is 17.8 Å². The predicted octanol–water partition coefficient (Wildman–Crippen LogP) is -0.478. The molecule has 2 aromatic heterocycles. The molecule has 3 atom stereocenters. The van der Waals surface area contributed by atoms with Crippen LogP contribution in [-0.4, -0.2) is 78.8 Å². The molecule has 0 amide bonds. The summed E-state index contributed by atoms with van der Waals surface area (Å²) in [5.41, 5.74) is 8.26. The van der Waals surface area contributed by atoms with E-state index in [0.29, 0.717) is 30.2 Å². The first-order chi connectivity index (χ1) is 14.7. The molecule has 172 valence electrons. The van der Waals surface area contributed by atoms with Crippen LogP contribution in [0, 0.1) is 4.64 Å². The Labute approximate surface area is 184 Å². The summed E-state index contributed by atoms with van der Waals surface area (Å²) in [6.07, 6.45) is 3.81. The minimum absolute atomic E-state index is 0.111. The molecule has 3 heterocycles. The van der Waals surface area contributed by atoms with Crippen LogP contribution in [0.5, 0.6) is 0 Å². The molecule has 1 fully saturated rings. The Morgan fingerprint density at radius 3 is 2.84 bits per heavy atom. The maximum absolute atomic E-state index is 11.1. The fraction of sp³-hybridized carbons (Fsp3) is 0.667. The highest BCUT2D eigenvalue weighted by molar-refractivity contribution is 7.71. The number of hydrogen-bond acceptors (Lipinski definition) is 9. The van der Waals surface area contributed by atoms with Crippen molar-refractivity contribution in [1.82, 2.24) is 19.5 Å². The average molecular weight is 455 g/mol. The highest BCUT2D eigenvalue weighted by Crippen LogP contribution is 2.38. The molecule has 9 N–H and O–H groups in total. The first kappa shape index (κ1) is 23.3. The number of nitrogens with two attached hydrogens (primary N) is 2. The van der Waals surface area contributed by atoms with E-state index in [2.05, 4.69) is 25.3 Å². The smallest absolute Gasteiger partial charge is 0.203 e. The molecule has 13 heteroatoms. The minimum Gasteiger partial charge on any atom is -0.393 e. The number of H-pyrrole nitrogens is 1. The zero-order valence-corrected chi connectivity index (χ0v) is 18.2. The third kappa shape index (κ3) is 4.80. The number of imidazole rings is 1. The quantitative estimate of drug-likeness (QED) is 0.107. The van der Waals surface area contributed by atoms with Gasteiger partial charge in [-0.25, -0.2) is 9.97 Å². The van der Waals surface area contributed by atoms with Gasteiger partial charge >= 0.3 is 0 Å². The highest BCUT2D eigenvalue weighted by atomic mass is 32.1. The molecule has 0 spiro atoms. The van der Waals surface area contributed by atoms with Gasteiger partial charge in [0.1, 0.15) is 22.9 Å². The van der Waals surface area contributed by atoms with Gasteiger partial charge in [-0.1, -0.05) is 25.1 Å². The predicted molar refractivity (Wildman–Crippen MR) is 118 cm³/mol. The lowest BCUT2D eigenvalue weighted by atomic mass is 9.95. The first-order valence-electron chi connectivity index (χ1n) is 10.1. The van der Waals surface area contributed by atoms with Crippen LogP contribution in [-0.2, 0) is 10.5 Å². The molecule has 12 nitrogen and oxygen atoms in total. The van der Waals surface area contributed by atoms with Crippen molar-refractivity contribution in [3.63, 3.8) is 0 Å². The van der Waals surface area contributed by atoms with E-state index in [1.807, 2.05) is 0 Å². The van der Waals surface area contributed by atoms with Crippen LogP contribution in [0.4, 0.5) is 5.95 Å². The lowest BCUT2D eigenvalue weighted by Crippen LogP contribution is -2.51. The van der Waals surface area contributed by atoms with Crippen LogP contribution in [0.2, 0.25) is 0 Å². The Balaban J connectivity index is 1.68. The Morgan fingerprint density at radius 1 is 1.42 bits per heavy atom. The van der Waals surface area contributed by atoms with Gasteiger partial charge in [0.15, 0.2) is 16.3 Å². The van der Waals surface area contributed by atoms with Gasteiger partial charge in [0.05, 0.1) is 19.5 Å². The van der Waals surface area contributed by atoms with Gasteiger partial charge in [0.2, 0.25) is 5.95 Å². The van der Waals surface area contributed by atoms with Crippen molar-refractivity contribution in [2.45, 2.75) is 50.0 Å². The summed E-state index contributed by atoms with van der Waals surface area (Å²) in [5, 5.41) is 34.5. The number of aromatic nitrogens is 4. The monoisotopic (exact) mass is 454 g/mol. The molecule has 31 heavy (non-hydrogen) atoms. The van der Waals surface area contributed by atoms with Crippen LogP contribution in [0.3, 0.4) is 0 Å². The van der Waals surface area contributed by atoms with Gasteiger partial charge in [-0.2, -0.15) is 0 Å². The Kier molecular flexibility index (Phi) is 7.11. The Morgan fingerprint density at radius 2 is 2.16 bits per heavy atom. The van der Waals surface area contributed by atoms with Crippen LogP contribution in [0.25, 0.3) is 11.2 Å². The number of nitrogens with zero attached hydrogens (tertiary/aromatic N) is 4. The number of ether oxygens (including phenoxy) is 1. The van der Waals surface area contributed by atoms with Crippen molar-refractivity contribution >= 4 is 35.3 Å². The second-order valence-corrected chi connectivity index (χ2v) is 8.28. The second-order valence-electron chi connectivity index (χ2n) is 7.89. The average Bonchev–Trinajstić information content (AvgIpc) is 3.26. The number of fused-ring (bicyclic) bond motifs is 1. The van der Waals surface area contributed by atoms with E-state index in [-0.39, 0.29) is 17.2 Å². The number of guanidine groups is 1. The van der Waals surface area contributed by atoms with Crippen molar-refractivity contribution in [1.29, 1.82) is 0 Å². The van der Waals surface area contributed by atoms with Crippen LogP contribution >= 0.6 is 12.2 Å². The van der Waals surface area contributed by atoms with Crippen molar-refractivity contribution in [3.8, 4) is 0 Å². The van der Waals surface area contributed by atoms with Crippen molar-refractivity contribution in [3.05, 3.63) is 11.0 Å². The molecular weight excluding hydrogens is 424 g/mol. The highest BCUT2D eigenvalue weighted by Gasteiger charge is 2.56. The lowest BCUT2D eigenvalue weighted by Gasteiger charge is -2.31. The number of aliphatic hydroxyl groups is 3. The number of aliphatic imine (C=N–C) groups is 1. The van der Waals surface area contributed by atoms with E-state index < -0.39 is 24.0 Å². The minimum atomic E-state index is -1.82. The van der Waals surface area contributed by atoms with Gasteiger partial charge in [0, 0.05) is 13.1 Å². The lowest BCUT2D eigenvalue weighted by molar-refractivity contribution is -0.127.